The molecule has 0 atom stereocenters. The Kier molecular flexibility index (Phi) is 7.23. The van der Waals surface area contributed by atoms with Gasteiger partial charge < -0.3 is 4.84 Å². The third-order valence-corrected chi connectivity index (χ3v) is 3.29. The van der Waals surface area contributed by atoms with Crippen LogP contribution in [-0.4, -0.2) is 29.1 Å². The molecule has 0 fully saturated rings. The molecule has 0 radical (unpaired) electrons. The van der Waals surface area contributed by atoms with E-state index in [2.05, 4.69) is 9.36 Å². The summed E-state index contributed by atoms with van der Waals surface area (Å²) in [6, 6.07) is 8.35. The van der Waals surface area contributed by atoms with Gasteiger partial charge >= 0.3 is 16.5 Å². The maximum Gasteiger partial charge on any atom is 0.349 e. The van der Waals surface area contributed by atoms with Crippen LogP contribution in [0.2, 0.25) is 0 Å². The molecular weight excluding hydrogens is 318 g/mol. The molecule has 0 amide bonds. The first-order valence-corrected chi connectivity index (χ1v) is 8.64. The predicted octanol–water partition coefficient (Wildman–Crippen LogP) is 1.64. The number of nitrogens with zero attached hydrogens (tertiary/aromatic N) is 1. The average molecular weight is 335 g/mol. The molecule has 21 heavy (non-hydrogen) atoms. The second-order valence-corrected chi connectivity index (χ2v) is 7.60. The summed E-state index contributed by atoms with van der Waals surface area (Å²) < 4.78 is 43.8. The molecule has 0 bridgehead atoms. The zero-order chi connectivity index (χ0) is 16.7. The molecule has 7 nitrogen and oxygen atoms in total. The lowest BCUT2D eigenvalue weighted by Crippen LogP contribution is -2.20. The van der Waals surface area contributed by atoms with Gasteiger partial charge in [-0.25, -0.2) is 13.2 Å². The third-order valence-electron chi connectivity index (χ3n) is 1.96. The van der Waals surface area contributed by atoms with Gasteiger partial charge in [0.1, 0.15) is 0 Å². The molecule has 9 heteroatoms. The molecule has 0 heterocycles. The highest BCUT2D eigenvalue weighted by atomic mass is 32.2. The first kappa shape index (κ1) is 19.3. The normalized spacial score (nSPS) is 10.9. The quantitative estimate of drug-likeness (QED) is 0.760. The fourth-order valence-electron chi connectivity index (χ4n) is 0.869. The number of hydrogen-bond donors (Lipinski definition) is 0. The van der Waals surface area contributed by atoms with Crippen LogP contribution >= 0.6 is 0 Å². The van der Waals surface area contributed by atoms with Crippen molar-refractivity contribution in [1.29, 1.82) is 0 Å². The van der Waals surface area contributed by atoms with Crippen molar-refractivity contribution in [2.45, 2.75) is 25.7 Å². The summed E-state index contributed by atoms with van der Waals surface area (Å²) in [4.78, 5) is 15.2. The molecule has 0 N–H and O–H groups in total. The summed E-state index contributed by atoms with van der Waals surface area (Å²) in [6.07, 6.45) is 1.20. The SMILES string of the molecule is CC(C)(C)C(=O)ON=S(=O)=O.CS(=O)(=O)c1ccccc1. The van der Waals surface area contributed by atoms with Crippen molar-refractivity contribution in [2.75, 3.05) is 6.26 Å². The van der Waals surface area contributed by atoms with Crippen LogP contribution in [0.4, 0.5) is 0 Å². The van der Waals surface area contributed by atoms with Crippen LogP contribution in [0.1, 0.15) is 20.8 Å². The van der Waals surface area contributed by atoms with Gasteiger partial charge in [-0.05, 0) is 32.9 Å². The van der Waals surface area contributed by atoms with Gasteiger partial charge in [0, 0.05) is 6.26 Å². The van der Waals surface area contributed by atoms with E-state index < -0.39 is 31.7 Å². The van der Waals surface area contributed by atoms with Crippen molar-refractivity contribution < 1.29 is 26.5 Å². The van der Waals surface area contributed by atoms with E-state index in [1.165, 1.54) is 6.26 Å². The molecule has 0 aromatic heterocycles. The van der Waals surface area contributed by atoms with Gasteiger partial charge in [-0.15, -0.1) is 0 Å². The zero-order valence-electron chi connectivity index (χ0n) is 12.1. The van der Waals surface area contributed by atoms with Crippen LogP contribution < -0.4 is 0 Å². The van der Waals surface area contributed by atoms with E-state index in [1.807, 2.05) is 0 Å². The highest BCUT2D eigenvalue weighted by molar-refractivity contribution is 7.90. The highest BCUT2D eigenvalue weighted by Crippen LogP contribution is 2.14. The second kappa shape index (κ2) is 7.89. The fourth-order valence-corrected chi connectivity index (χ4v) is 1.65. The van der Waals surface area contributed by atoms with Gasteiger partial charge in [0.05, 0.1) is 14.8 Å². The molecule has 1 aromatic rings. The Bertz CT molecular complexity index is 692. The lowest BCUT2D eigenvalue weighted by Gasteiger charge is -2.11. The van der Waals surface area contributed by atoms with Crippen LogP contribution in [0.25, 0.3) is 0 Å². The molecule has 118 valence electrons. The van der Waals surface area contributed by atoms with Gasteiger partial charge in [-0.3, -0.25) is 0 Å². The predicted molar refractivity (Wildman–Crippen MR) is 76.4 cm³/mol. The van der Waals surface area contributed by atoms with Crippen LogP contribution in [0.3, 0.4) is 0 Å². The van der Waals surface area contributed by atoms with E-state index in [1.54, 1.807) is 51.1 Å². The molecule has 1 rings (SSSR count). The van der Waals surface area contributed by atoms with Crippen LogP contribution in [0.5, 0.6) is 0 Å². The highest BCUT2D eigenvalue weighted by Gasteiger charge is 2.23. The summed E-state index contributed by atoms with van der Waals surface area (Å²) in [5.74, 6) is -0.679. The van der Waals surface area contributed by atoms with Crippen LogP contribution in [0.15, 0.2) is 39.8 Å². The van der Waals surface area contributed by atoms with Crippen molar-refractivity contribution in [3.8, 4) is 0 Å². The maximum absolute atomic E-state index is 10.8. The zero-order valence-corrected chi connectivity index (χ0v) is 13.7. The first-order valence-electron chi connectivity index (χ1n) is 5.71. The van der Waals surface area contributed by atoms with Crippen LogP contribution in [-0.2, 0) is 30.0 Å². The van der Waals surface area contributed by atoms with Gasteiger partial charge in [0.15, 0.2) is 9.84 Å². The summed E-state index contributed by atoms with van der Waals surface area (Å²) in [7, 11) is -5.69. The number of benzene rings is 1. The van der Waals surface area contributed by atoms with E-state index >= 15 is 0 Å². The Morgan fingerprint density at radius 1 is 1.14 bits per heavy atom. The van der Waals surface area contributed by atoms with Crippen molar-refractivity contribution >= 4 is 26.3 Å². The van der Waals surface area contributed by atoms with E-state index in [0.717, 1.165) is 0 Å². The van der Waals surface area contributed by atoms with Gasteiger partial charge in [-0.1, -0.05) is 18.2 Å². The Balaban J connectivity index is 0.000000382. The van der Waals surface area contributed by atoms with Crippen molar-refractivity contribution in [1.82, 2.24) is 0 Å². The number of sulfone groups is 1. The smallest absolute Gasteiger partial charge is 0.303 e. The van der Waals surface area contributed by atoms with E-state index in [9.17, 15) is 21.6 Å². The monoisotopic (exact) mass is 335 g/mol. The Hall–Kier alpha value is -1.74. The first-order chi connectivity index (χ1) is 9.44. The van der Waals surface area contributed by atoms with E-state index in [4.69, 9.17) is 0 Å². The van der Waals surface area contributed by atoms with E-state index in [0.29, 0.717) is 4.90 Å². The number of carbonyl (C=O) groups is 1. The Morgan fingerprint density at radius 3 is 1.90 bits per heavy atom. The molecule has 0 aliphatic carbocycles. The summed E-state index contributed by atoms with van der Waals surface area (Å²) in [6.45, 7) is 4.79. The van der Waals surface area contributed by atoms with Crippen LogP contribution in [0, 0.1) is 5.41 Å². The molecule has 1 aromatic carbocycles. The van der Waals surface area contributed by atoms with Crippen molar-refractivity contribution in [3.63, 3.8) is 0 Å². The minimum atomic E-state index is -3.00. The molecule has 0 unspecified atom stereocenters. The van der Waals surface area contributed by atoms with E-state index in [-0.39, 0.29) is 0 Å². The molecular formula is C12H17NO6S2. The standard InChI is InChI=1S/C7H8O2S.C5H9NO4S/c1-10(8,9)7-5-3-2-4-6-7;1-5(2,3)4(7)10-6-11(8)9/h2-6H,1H3;1-3H3. The van der Waals surface area contributed by atoms with Gasteiger partial charge in [-0.2, -0.15) is 8.42 Å². The van der Waals surface area contributed by atoms with Crippen molar-refractivity contribution in [3.05, 3.63) is 30.3 Å². The lowest BCUT2D eigenvalue weighted by atomic mass is 9.98. The largest absolute Gasteiger partial charge is 0.349 e. The molecule has 0 saturated carbocycles. The molecule has 0 aliphatic heterocycles. The minimum Gasteiger partial charge on any atom is -0.303 e. The summed E-state index contributed by atoms with van der Waals surface area (Å²) in [5, 5.41) is 0. The lowest BCUT2D eigenvalue weighted by molar-refractivity contribution is -0.152. The summed E-state index contributed by atoms with van der Waals surface area (Å²) in [5.41, 5.74) is -0.733. The number of rotatable bonds is 2. The summed E-state index contributed by atoms with van der Waals surface area (Å²) >= 11 is 0. The fraction of sp³-hybridized carbons (Fsp3) is 0.417. The molecule has 0 saturated heterocycles. The minimum absolute atomic E-state index is 0.370. The number of hydrogen-bond acceptors (Lipinski definition) is 7. The van der Waals surface area contributed by atoms with Gasteiger partial charge in [0.25, 0.3) is 0 Å². The second-order valence-electron chi connectivity index (χ2n) is 5.01. The third kappa shape index (κ3) is 8.92. The van der Waals surface area contributed by atoms with Gasteiger partial charge in [0.2, 0.25) is 0 Å². The Labute approximate surface area is 125 Å². The number of carbonyl (C=O) groups excluding carboxylic acids is 1. The Morgan fingerprint density at radius 2 is 1.62 bits per heavy atom. The van der Waals surface area contributed by atoms with Crippen molar-refractivity contribution in [2.24, 2.45) is 9.94 Å². The topological polar surface area (TPSA) is 107 Å². The maximum atomic E-state index is 10.8. The molecule has 0 spiro atoms. The average Bonchev–Trinajstić information content (AvgIpc) is 2.35. The molecule has 0 aliphatic rings.